The van der Waals surface area contributed by atoms with E-state index < -0.39 is 17.7 Å². The number of aryl methyl sites for hydroxylation is 2. The lowest BCUT2D eigenvalue weighted by atomic mass is 9.98. The Bertz CT molecular complexity index is 590. The van der Waals surface area contributed by atoms with Crippen molar-refractivity contribution >= 4 is 0 Å². The fraction of sp³-hybridized carbons (Fsp3) is 0.308. The van der Waals surface area contributed by atoms with Gasteiger partial charge in [-0.15, -0.1) is 0 Å². The van der Waals surface area contributed by atoms with Crippen LogP contribution >= 0.6 is 0 Å². The normalized spacial score (nSPS) is 12.8. The zero-order chi connectivity index (χ0) is 13.4. The van der Waals surface area contributed by atoms with Crippen molar-refractivity contribution in [2.45, 2.75) is 19.9 Å². The number of nitrogens with two attached hydrogens (primary N) is 1. The Hall–Kier alpha value is -1.75. The van der Waals surface area contributed by atoms with Gasteiger partial charge in [-0.3, -0.25) is 4.68 Å². The molecule has 0 amide bonds. The van der Waals surface area contributed by atoms with Crippen LogP contribution in [0, 0.1) is 25.5 Å². The van der Waals surface area contributed by atoms with Gasteiger partial charge in [-0.25, -0.2) is 8.78 Å². The quantitative estimate of drug-likeness (QED) is 0.890. The molecule has 18 heavy (non-hydrogen) atoms. The summed E-state index contributed by atoms with van der Waals surface area (Å²) >= 11 is 0. The maximum absolute atomic E-state index is 13.2. The first-order valence-corrected chi connectivity index (χ1v) is 5.62. The van der Waals surface area contributed by atoms with Gasteiger partial charge in [-0.05, 0) is 31.5 Å². The zero-order valence-corrected chi connectivity index (χ0v) is 10.5. The summed E-state index contributed by atoms with van der Waals surface area (Å²) in [5, 5.41) is 4.27. The predicted molar refractivity (Wildman–Crippen MR) is 65.1 cm³/mol. The minimum absolute atomic E-state index is 0.506. The summed E-state index contributed by atoms with van der Waals surface area (Å²) in [6, 6.07) is 3.21. The molecule has 0 spiro atoms. The highest BCUT2D eigenvalue weighted by molar-refractivity contribution is 5.36. The molecular formula is C13H15F2N3. The molecule has 3 nitrogen and oxygen atoms in total. The molecule has 1 aromatic carbocycles. The van der Waals surface area contributed by atoms with Gasteiger partial charge in [0.05, 0.1) is 11.7 Å². The zero-order valence-electron chi connectivity index (χ0n) is 10.5. The fourth-order valence-electron chi connectivity index (χ4n) is 2.11. The van der Waals surface area contributed by atoms with Crippen molar-refractivity contribution in [3.05, 3.63) is 52.3 Å². The lowest BCUT2D eigenvalue weighted by Crippen LogP contribution is -2.14. The summed E-state index contributed by atoms with van der Waals surface area (Å²) in [5.74, 6) is -1.76. The van der Waals surface area contributed by atoms with Gasteiger partial charge in [0.1, 0.15) is 0 Å². The van der Waals surface area contributed by atoms with Gasteiger partial charge in [0.25, 0.3) is 0 Å². The summed E-state index contributed by atoms with van der Waals surface area (Å²) in [5.41, 5.74) is 9.21. The van der Waals surface area contributed by atoms with Crippen LogP contribution in [0.4, 0.5) is 8.78 Å². The number of benzene rings is 1. The van der Waals surface area contributed by atoms with Gasteiger partial charge in [-0.1, -0.05) is 6.07 Å². The first kappa shape index (κ1) is 12.7. The molecule has 0 aliphatic rings. The van der Waals surface area contributed by atoms with Gasteiger partial charge in [0.2, 0.25) is 0 Å². The summed E-state index contributed by atoms with van der Waals surface area (Å²) in [4.78, 5) is 0. The van der Waals surface area contributed by atoms with E-state index in [1.807, 2.05) is 20.9 Å². The van der Waals surface area contributed by atoms with E-state index in [-0.39, 0.29) is 0 Å². The Kier molecular flexibility index (Phi) is 3.17. The van der Waals surface area contributed by atoms with Gasteiger partial charge in [-0.2, -0.15) is 5.10 Å². The molecule has 96 valence electrons. The number of hydrogen-bond donors (Lipinski definition) is 1. The Morgan fingerprint density at radius 2 is 1.89 bits per heavy atom. The van der Waals surface area contributed by atoms with Crippen molar-refractivity contribution in [1.29, 1.82) is 0 Å². The number of rotatable bonds is 2. The molecule has 1 atom stereocenters. The molecule has 0 bridgehead atoms. The van der Waals surface area contributed by atoms with Gasteiger partial charge in [0, 0.05) is 18.3 Å². The predicted octanol–water partition coefficient (Wildman–Crippen LogP) is 2.36. The van der Waals surface area contributed by atoms with Gasteiger partial charge < -0.3 is 5.73 Å². The highest BCUT2D eigenvalue weighted by Crippen LogP contribution is 2.26. The summed E-state index contributed by atoms with van der Waals surface area (Å²) in [6.07, 6.45) is 0. The monoisotopic (exact) mass is 251 g/mol. The van der Waals surface area contributed by atoms with Crippen LogP contribution in [0.2, 0.25) is 0 Å². The highest BCUT2D eigenvalue weighted by Gasteiger charge is 2.19. The molecule has 2 aromatic rings. The van der Waals surface area contributed by atoms with Crippen molar-refractivity contribution < 1.29 is 8.78 Å². The smallest absolute Gasteiger partial charge is 0.159 e. The molecule has 0 radical (unpaired) electrons. The highest BCUT2D eigenvalue weighted by atomic mass is 19.2. The minimum Gasteiger partial charge on any atom is -0.320 e. The van der Waals surface area contributed by atoms with Crippen molar-refractivity contribution in [2.75, 3.05) is 0 Å². The maximum Gasteiger partial charge on any atom is 0.159 e. The maximum atomic E-state index is 13.2. The number of aromatic nitrogens is 2. The van der Waals surface area contributed by atoms with Crippen LogP contribution in [0.3, 0.4) is 0 Å². The minimum atomic E-state index is -0.887. The Morgan fingerprint density at radius 3 is 2.39 bits per heavy atom. The second-order valence-corrected chi connectivity index (χ2v) is 4.36. The van der Waals surface area contributed by atoms with E-state index in [0.29, 0.717) is 5.56 Å². The van der Waals surface area contributed by atoms with Crippen LogP contribution < -0.4 is 5.73 Å². The van der Waals surface area contributed by atoms with Crippen molar-refractivity contribution in [3.8, 4) is 0 Å². The molecule has 1 unspecified atom stereocenters. The molecule has 0 aliphatic carbocycles. The SMILES string of the molecule is Cc1nn(C)c(C)c1C(N)c1ccc(F)c(F)c1. The molecule has 0 fully saturated rings. The van der Waals surface area contributed by atoms with E-state index >= 15 is 0 Å². The molecule has 0 saturated carbocycles. The average Bonchev–Trinajstić information content (AvgIpc) is 2.56. The third kappa shape index (κ3) is 2.01. The van der Waals surface area contributed by atoms with Crippen LogP contribution in [0.25, 0.3) is 0 Å². The number of hydrogen-bond acceptors (Lipinski definition) is 2. The van der Waals surface area contributed by atoms with E-state index in [1.165, 1.54) is 6.07 Å². The Labute approximate surface area is 104 Å². The van der Waals surface area contributed by atoms with Crippen LogP contribution in [0.1, 0.15) is 28.6 Å². The average molecular weight is 251 g/mol. The second kappa shape index (κ2) is 4.49. The standard InChI is InChI=1S/C13H15F2N3/c1-7-12(8(2)18(3)17-7)13(16)9-4-5-10(14)11(15)6-9/h4-6,13H,16H2,1-3H3. The Balaban J connectivity index is 2.47. The van der Waals surface area contributed by atoms with Gasteiger partial charge >= 0.3 is 0 Å². The molecular weight excluding hydrogens is 236 g/mol. The van der Waals surface area contributed by atoms with Crippen molar-refractivity contribution in [2.24, 2.45) is 12.8 Å². The fourth-order valence-corrected chi connectivity index (χ4v) is 2.11. The third-order valence-electron chi connectivity index (χ3n) is 3.18. The second-order valence-electron chi connectivity index (χ2n) is 4.36. The van der Waals surface area contributed by atoms with Crippen LogP contribution in [-0.2, 0) is 7.05 Å². The molecule has 2 rings (SSSR count). The lowest BCUT2D eigenvalue weighted by molar-refractivity contribution is 0.506. The van der Waals surface area contributed by atoms with Crippen molar-refractivity contribution in [1.82, 2.24) is 9.78 Å². The molecule has 0 aliphatic heterocycles. The first-order chi connectivity index (χ1) is 8.41. The van der Waals surface area contributed by atoms with E-state index in [1.54, 1.807) is 4.68 Å². The summed E-state index contributed by atoms with van der Waals surface area (Å²) < 4.78 is 27.8. The molecule has 1 aromatic heterocycles. The molecule has 5 heteroatoms. The first-order valence-electron chi connectivity index (χ1n) is 5.62. The summed E-state index contributed by atoms with van der Waals surface area (Å²) in [7, 11) is 1.82. The van der Waals surface area contributed by atoms with Crippen LogP contribution in [0.15, 0.2) is 18.2 Å². The lowest BCUT2D eigenvalue weighted by Gasteiger charge is -2.13. The number of halogens is 2. The van der Waals surface area contributed by atoms with E-state index in [2.05, 4.69) is 5.10 Å². The largest absolute Gasteiger partial charge is 0.320 e. The number of nitrogens with zero attached hydrogens (tertiary/aromatic N) is 2. The topological polar surface area (TPSA) is 43.8 Å². The van der Waals surface area contributed by atoms with Gasteiger partial charge in [0.15, 0.2) is 11.6 Å². The van der Waals surface area contributed by atoms with Crippen molar-refractivity contribution in [3.63, 3.8) is 0 Å². The molecule has 2 N–H and O–H groups in total. The third-order valence-corrected chi connectivity index (χ3v) is 3.18. The molecule has 1 heterocycles. The Morgan fingerprint density at radius 1 is 1.22 bits per heavy atom. The van der Waals surface area contributed by atoms with E-state index in [4.69, 9.17) is 5.73 Å². The van der Waals surface area contributed by atoms with E-state index in [9.17, 15) is 8.78 Å². The molecule has 0 saturated heterocycles. The summed E-state index contributed by atoms with van der Waals surface area (Å²) in [6.45, 7) is 3.75. The van der Waals surface area contributed by atoms with Crippen LogP contribution in [-0.4, -0.2) is 9.78 Å². The van der Waals surface area contributed by atoms with E-state index in [0.717, 1.165) is 29.1 Å². The van der Waals surface area contributed by atoms with Crippen LogP contribution in [0.5, 0.6) is 0 Å².